The highest BCUT2D eigenvalue weighted by molar-refractivity contribution is 5.60. The summed E-state index contributed by atoms with van der Waals surface area (Å²) in [6.45, 7) is 1.46. The Bertz CT molecular complexity index is 469. The number of carbonyl (C=O) groups excluding carboxylic acids is 2. The SMILES string of the molecule is COC(=O)OCC(CCCCOCc1ccccc1)COC(=O)OC. The van der Waals surface area contributed by atoms with E-state index in [1.807, 2.05) is 30.3 Å². The molecule has 1 aromatic carbocycles. The van der Waals surface area contributed by atoms with E-state index in [2.05, 4.69) is 9.47 Å². The molecule has 0 atom stereocenters. The summed E-state index contributed by atoms with van der Waals surface area (Å²) in [4.78, 5) is 22.1. The van der Waals surface area contributed by atoms with E-state index < -0.39 is 12.3 Å². The van der Waals surface area contributed by atoms with Gasteiger partial charge in [-0.15, -0.1) is 0 Å². The molecule has 0 saturated carbocycles. The smallest absolute Gasteiger partial charge is 0.438 e. The van der Waals surface area contributed by atoms with Crippen LogP contribution in [0.15, 0.2) is 30.3 Å². The van der Waals surface area contributed by atoms with Gasteiger partial charge in [-0.05, 0) is 18.4 Å². The first-order valence-corrected chi connectivity index (χ1v) is 8.18. The van der Waals surface area contributed by atoms with Gasteiger partial charge < -0.3 is 23.7 Å². The van der Waals surface area contributed by atoms with Crippen molar-refractivity contribution in [2.24, 2.45) is 5.92 Å². The lowest BCUT2D eigenvalue weighted by Gasteiger charge is -2.16. The van der Waals surface area contributed by atoms with Gasteiger partial charge in [0.15, 0.2) is 0 Å². The molecule has 140 valence electrons. The monoisotopic (exact) mass is 354 g/mol. The molecule has 0 aliphatic carbocycles. The second kappa shape index (κ2) is 13.1. The summed E-state index contributed by atoms with van der Waals surface area (Å²) < 4.78 is 24.4. The van der Waals surface area contributed by atoms with Gasteiger partial charge in [-0.1, -0.05) is 36.8 Å². The Balaban J connectivity index is 2.20. The van der Waals surface area contributed by atoms with E-state index in [0.717, 1.165) is 24.8 Å². The van der Waals surface area contributed by atoms with Gasteiger partial charge >= 0.3 is 12.3 Å². The fourth-order valence-electron chi connectivity index (χ4n) is 2.11. The molecule has 0 aliphatic rings. The first kappa shape index (κ1) is 20.8. The number of ether oxygens (including phenoxy) is 5. The largest absolute Gasteiger partial charge is 0.507 e. The molecular formula is C18H26O7. The van der Waals surface area contributed by atoms with Gasteiger partial charge in [0.1, 0.15) is 13.2 Å². The van der Waals surface area contributed by atoms with Crippen molar-refractivity contribution in [1.29, 1.82) is 0 Å². The highest BCUT2D eigenvalue weighted by Gasteiger charge is 2.15. The summed E-state index contributed by atoms with van der Waals surface area (Å²) >= 11 is 0. The minimum absolute atomic E-state index is 0.118. The molecule has 0 aromatic heterocycles. The van der Waals surface area contributed by atoms with Crippen LogP contribution in [0.3, 0.4) is 0 Å². The molecular weight excluding hydrogens is 328 g/mol. The van der Waals surface area contributed by atoms with Crippen molar-refractivity contribution in [1.82, 2.24) is 0 Å². The zero-order chi connectivity index (χ0) is 18.3. The van der Waals surface area contributed by atoms with Crippen LogP contribution in [0.1, 0.15) is 24.8 Å². The summed E-state index contributed by atoms with van der Waals surface area (Å²) in [7, 11) is 2.48. The lowest BCUT2D eigenvalue weighted by atomic mass is 10.0. The van der Waals surface area contributed by atoms with Crippen molar-refractivity contribution in [2.45, 2.75) is 25.9 Å². The molecule has 1 rings (SSSR count). The van der Waals surface area contributed by atoms with E-state index >= 15 is 0 Å². The molecule has 0 spiro atoms. The summed E-state index contributed by atoms with van der Waals surface area (Å²) in [6, 6.07) is 9.96. The van der Waals surface area contributed by atoms with Gasteiger partial charge in [-0.25, -0.2) is 9.59 Å². The Morgan fingerprint density at radius 2 is 1.52 bits per heavy atom. The first-order chi connectivity index (χ1) is 12.2. The number of hydrogen-bond acceptors (Lipinski definition) is 7. The number of benzene rings is 1. The van der Waals surface area contributed by atoms with Crippen molar-refractivity contribution in [3.8, 4) is 0 Å². The van der Waals surface area contributed by atoms with Crippen LogP contribution in [-0.2, 0) is 30.3 Å². The summed E-state index contributed by atoms with van der Waals surface area (Å²) in [5.74, 6) is -0.118. The molecule has 0 fully saturated rings. The molecule has 0 aliphatic heterocycles. The third-order valence-corrected chi connectivity index (χ3v) is 3.47. The molecule has 0 N–H and O–H groups in total. The highest BCUT2D eigenvalue weighted by Crippen LogP contribution is 2.12. The van der Waals surface area contributed by atoms with E-state index in [9.17, 15) is 9.59 Å². The normalized spacial score (nSPS) is 10.4. The topological polar surface area (TPSA) is 80.3 Å². The quantitative estimate of drug-likeness (QED) is 0.444. The van der Waals surface area contributed by atoms with Crippen molar-refractivity contribution in [3.05, 3.63) is 35.9 Å². The fraction of sp³-hybridized carbons (Fsp3) is 0.556. The maximum Gasteiger partial charge on any atom is 0.507 e. The minimum atomic E-state index is -0.755. The van der Waals surface area contributed by atoms with E-state index in [-0.39, 0.29) is 19.1 Å². The number of unbranched alkanes of at least 4 members (excludes halogenated alkanes) is 1. The van der Waals surface area contributed by atoms with E-state index in [1.54, 1.807) is 0 Å². The number of rotatable bonds is 11. The number of carbonyl (C=O) groups is 2. The van der Waals surface area contributed by atoms with Crippen LogP contribution in [0.2, 0.25) is 0 Å². The molecule has 0 saturated heterocycles. The van der Waals surface area contributed by atoms with Gasteiger partial charge in [0.05, 0.1) is 20.8 Å². The second-order valence-corrected chi connectivity index (χ2v) is 5.43. The van der Waals surface area contributed by atoms with Crippen molar-refractivity contribution >= 4 is 12.3 Å². The molecule has 0 heterocycles. The summed E-state index contributed by atoms with van der Waals surface area (Å²) in [5.41, 5.74) is 1.14. The Hall–Kier alpha value is -2.28. The van der Waals surface area contributed by atoms with Crippen LogP contribution in [-0.4, -0.2) is 46.4 Å². The predicted molar refractivity (Wildman–Crippen MR) is 90.2 cm³/mol. The van der Waals surface area contributed by atoms with Gasteiger partial charge in [-0.3, -0.25) is 0 Å². The molecule has 0 unspecified atom stereocenters. The number of methoxy groups -OCH3 is 2. The maximum atomic E-state index is 11.1. The lowest BCUT2D eigenvalue weighted by Crippen LogP contribution is -2.21. The molecule has 7 heteroatoms. The van der Waals surface area contributed by atoms with Gasteiger partial charge in [-0.2, -0.15) is 0 Å². The van der Waals surface area contributed by atoms with E-state index in [1.165, 1.54) is 14.2 Å². The third-order valence-electron chi connectivity index (χ3n) is 3.47. The Morgan fingerprint density at radius 1 is 0.920 bits per heavy atom. The molecule has 25 heavy (non-hydrogen) atoms. The first-order valence-electron chi connectivity index (χ1n) is 8.18. The van der Waals surface area contributed by atoms with E-state index in [0.29, 0.717) is 13.2 Å². The standard InChI is InChI=1S/C18H26O7/c1-21-17(19)24-13-16(14-25-18(20)22-2)10-6-7-11-23-12-15-8-4-3-5-9-15/h3-5,8-9,16H,6-7,10-14H2,1-2H3. The van der Waals surface area contributed by atoms with Crippen LogP contribution >= 0.6 is 0 Å². The Labute approximate surface area is 148 Å². The predicted octanol–water partition coefficient (Wildman–Crippen LogP) is 3.56. The average molecular weight is 354 g/mol. The Morgan fingerprint density at radius 3 is 2.08 bits per heavy atom. The molecule has 1 aromatic rings. The zero-order valence-electron chi connectivity index (χ0n) is 14.8. The van der Waals surface area contributed by atoms with Crippen LogP contribution in [0.4, 0.5) is 9.59 Å². The van der Waals surface area contributed by atoms with Crippen LogP contribution < -0.4 is 0 Å². The van der Waals surface area contributed by atoms with Crippen LogP contribution in [0.25, 0.3) is 0 Å². The van der Waals surface area contributed by atoms with Crippen LogP contribution in [0, 0.1) is 5.92 Å². The van der Waals surface area contributed by atoms with Crippen LogP contribution in [0.5, 0.6) is 0 Å². The molecule has 7 nitrogen and oxygen atoms in total. The lowest BCUT2D eigenvalue weighted by molar-refractivity contribution is 0.0267. The third kappa shape index (κ3) is 10.2. The minimum Gasteiger partial charge on any atom is -0.438 e. The molecule has 0 bridgehead atoms. The van der Waals surface area contributed by atoms with Gasteiger partial charge in [0, 0.05) is 12.5 Å². The fourth-order valence-corrected chi connectivity index (χ4v) is 2.11. The van der Waals surface area contributed by atoms with Crippen molar-refractivity contribution in [2.75, 3.05) is 34.0 Å². The highest BCUT2D eigenvalue weighted by atomic mass is 16.7. The van der Waals surface area contributed by atoms with Gasteiger partial charge in [0.25, 0.3) is 0 Å². The summed E-state index contributed by atoms with van der Waals surface area (Å²) in [6.07, 6.45) is 0.931. The van der Waals surface area contributed by atoms with Crippen molar-refractivity contribution < 1.29 is 33.3 Å². The second-order valence-electron chi connectivity index (χ2n) is 5.43. The zero-order valence-corrected chi connectivity index (χ0v) is 14.8. The Kier molecular flexibility index (Phi) is 10.8. The molecule has 0 radical (unpaired) electrons. The average Bonchev–Trinajstić information content (AvgIpc) is 2.66. The summed E-state index contributed by atoms with van der Waals surface area (Å²) in [5, 5.41) is 0. The van der Waals surface area contributed by atoms with E-state index in [4.69, 9.17) is 14.2 Å². The van der Waals surface area contributed by atoms with Crippen molar-refractivity contribution in [3.63, 3.8) is 0 Å². The maximum absolute atomic E-state index is 11.1. The molecule has 0 amide bonds. The van der Waals surface area contributed by atoms with Gasteiger partial charge in [0.2, 0.25) is 0 Å². The number of hydrogen-bond donors (Lipinski definition) is 0.